The number of benzene rings is 1. The third-order valence-corrected chi connectivity index (χ3v) is 5.00. The zero-order valence-electron chi connectivity index (χ0n) is 13.4. The number of hydrogen-bond acceptors (Lipinski definition) is 5. The average Bonchev–Trinajstić information content (AvgIpc) is 2.98. The third kappa shape index (κ3) is 2.27. The van der Waals surface area contributed by atoms with Gasteiger partial charge in [0.25, 0.3) is 0 Å². The minimum Gasteiger partial charge on any atom is -0.484 e. The molecule has 3 heterocycles. The maximum absolute atomic E-state index is 11.8. The Hall–Kier alpha value is -2.14. The lowest BCUT2D eigenvalue weighted by Crippen LogP contribution is -2.42. The van der Waals surface area contributed by atoms with Gasteiger partial charge in [-0.05, 0) is 25.8 Å². The number of aryl methyl sites for hydroxylation is 2. The van der Waals surface area contributed by atoms with Gasteiger partial charge in [-0.1, -0.05) is 18.2 Å². The number of para-hydroxylation sites is 1. The maximum atomic E-state index is 11.8. The van der Waals surface area contributed by atoms with E-state index in [0.29, 0.717) is 13.0 Å². The minimum atomic E-state index is -0.333. The van der Waals surface area contributed by atoms with E-state index < -0.39 is 0 Å². The molecule has 1 aromatic carbocycles. The summed E-state index contributed by atoms with van der Waals surface area (Å²) in [7, 11) is 1.42. The van der Waals surface area contributed by atoms with Crippen molar-refractivity contribution in [3.05, 3.63) is 35.5 Å². The second-order valence-corrected chi connectivity index (χ2v) is 6.47. The van der Waals surface area contributed by atoms with E-state index in [1.807, 2.05) is 25.1 Å². The molecule has 2 aliphatic rings. The molecule has 2 unspecified atom stereocenters. The highest BCUT2D eigenvalue weighted by Gasteiger charge is 2.46. The first-order valence-corrected chi connectivity index (χ1v) is 8.00. The van der Waals surface area contributed by atoms with E-state index in [9.17, 15) is 4.79 Å². The molecule has 4 rings (SSSR count). The van der Waals surface area contributed by atoms with Crippen LogP contribution in [0.25, 0.3) is 10.9 Å². The molecule has 120 valence electrons. The summed E-state index contributed by atoms with van der Waals surface area (Å²) in [4.78, 5) is 16.5. The fourth-order valence-corrected chi connectivity index (χ4v) is 3.81. The number of aromatic nitrogens is 1. The molecule has 23 heavy (non-hydrogen) atoms. The molecule has 2 aromatic rings. The number of methoxy groups -OCH3 is 1. The van der Waals surface area contributed by atoms with Gasteiger partial charge in [0, 0.05) is 23.9 Å². The van der Waals surface area contributed by atoms with E-state index in [0.717, 1.165) is 29.8 Å². The Bertz CT molecular complexity index is 789. The normalized spacial score (nSPS) is 26.1. The molecule has 5 nitrogen and oxygen atoms in total. The van der Waals surface area contributed by atoms with Crippen molar-refractivity contribution >= 4 is 16.9 Å². The quantitative estimate of drug-likeness (QED) is 0.818. The fourth-order valence-electron chi connectivity index (χ4n) is 3.81. The van der Waals surface area contributed by atoms with Gasteiger partial charge in [0.05, 0.1) is 18.3 Å². The van der Waals surface area contributed by atoms with E-state index >= 15 is 0 Å². The topological polar surface area (TPSA) is 60.5 Å². The molecule has 1 aromatic heterocycles. The van der Waals surface area contributed by atoms with Crippen LogP contribution in [0.5, 0.6) is 5.75 Å². The van der Waals surface area contributed by atoms with Crippen LogP contribution in [0.4, 0.5) is 0 Å². The van der Waals surface area contributed by atoms with Crippen molar-refractivity contribution in [2.24, 2.45) is 0 Å². The van der Waals surface area contributed by atoms with E-state index in [-0.39, 0.29) is 17.6 Å². The third-order valence-electron chi connectivity index (χ3n) is 5.00. The average molecular weight is 312 g/mol. The van der Waals surface area contributed by atoms with Crippen molar-refractivity contribution < 1.29 is 14.3 Å². The summed E-state index contributed by atoms with van der Waals surface area (Å²) in [6, 6.07) is 7.90. The Balaban J connectivity index is 1.70. The number of fused-ring (bicyclic) bond motifs is 3. The molecule has 1 fully saturated rings. The fraction of sp³-hybridized carbons (Fsp3) is 0.444. The summed E-state index contributed by atoms with van der Waals surface area (Å²) < 4.78 is 11.3. The highest BCUT2D eigenvalue weighted by molar-refractivity contribution is 5.85. The lowest BCUT2D eigenvalue weighted by atomic mass is 9.87. The van der Waals surface area contributed by atoms with Crippen LogP contribution in [0.3, 0.4) is 0 Å². The van der Waals surface area contributed by atoms with Crippen molar-refractivity contribution in [2.45, 2.75) is 37.8 Å². The molecule has 1 N–H and O–H groups in total. The summed E-state index contributed by atoms with van der Waals surface area (Å²) in [6.07, 6.45) is 2.48. The Kier molecular flexibility index (Phi) is 3.27. The zero-order chi connectivity index (χ0) is 16.0. The van der Waals surface area contributed by atoms with Crippen LogP contribution in [0, 0.1) is 6.92 Å². The smallest absolute Gasteiger partial charge is 0.323 e. The van der Waals surface area contributed by atoms with Crippen molar-refractivity contribution in [3.8, 4) is 5.75 Å². The monoisotopic (exact) mass is 312 g/mol. The molecule has 0 saturated carbocycles. The predicted molar refractivity (Wildman–Crippen MR) is 86.6 cm³/mol. The van der Waals surface area contributed by atoms with Crippen molar-refractivity contribution in [2.75, 3.05) is 13.7 Å². The standard InChI is InChI=1S/C18H20N2O3/c1-11-16-13(12-5-3-4-6-14(12)20-11)7-8-18(23-16)9-15(19-10-18)17(21)22-2/h3-6,15,19H,7-10H2,1-2H3. The Morgan fingerprint density at radius 3 is 3.09 bits per heavy atom. The number of hydrogen-bond donors (Lipinski definition) is 1. The molecule has 1 saturated heterocycles. The first kappa shape index (κ1) is 14.5. The molecule has 5 heteroatoms. The molecule has 2 aliphatic heterocycles. The Labute approximate surface area is 135 Å². The van der Waals surface area contributed by atoms with Crippen LogP contribution in [-0.2, 0) is 16.0 Å². The van der Waals surface area contributed by atoms with Crippen molar-refractivity contribution in [3.63, 3.8) is 0 Å². The van der Waals surface area contributed by atoms with Crippen molar-refractivity contribution in [1.29, 1.82) is 0 Å². The number of nitrogens with one attached hydrogen (secondary N) is 1. The van der Waals surface area contributed by atoms with Crippen LogP contribution in [0.2, 0.25) is 0 Å². The van der Waals surface area contributed by atoms with E-state index in [4.69, 9.17) is 9.47 Å². The molecular formula is C18H20N2O3. The van der Waals surface area contributed by atoms with E-state index in [1.165, 1.54) is 18.1 Å². The van der Waals surface area contributed by atoms with E-state index in [2.05, 4.69) is 16.4 Å². The number of ether oxygens (including phenoxy) is 2. The molecule has 0 amide bonds. The first-order chi connectivity index (χ1) is 11.1. The molecule has 1 spiro atoms. The van der Waals surface area contributed by atoms with Gasteiger partial charge in [-0.3, -0.25) is 4.79 Å². The predicted octanol–water partition coefficient (Wildman–Crippen LogP) is 2.14. The summed E-state index contributed by atoms with van der Waals surface area (Å²) >= 11 is 0. The Morgan fingerprint density at radius 1 is 1.43 bits per heavy atom. The largest absolute Gasteiger partial charge is 0.484 e. The molecular weight excluding hydrogens is 292 g/mol. The summed E-state index contributed by atoms with van der Waals surface area (Å²) in [5, 5.41) is 4.40. The van der Waals surface area contributed by atoms with Gasteiger partial charge in [0.1, 0.15) is 17.4 Å². The van der Waals surface area contributed by atoms with Crippen LogP contribution < -0.4 is 10.1 Å². The van der Waals surface area contributed by atoms with Crippen LogP contribution in [0.1, 0.15) is 24.1 Å². The van der Waals surface area contributed by atoms with Gasteiger partial charge in [-0.25, -0.2) is 4.98 Å². The number of carbonyl (C=O) groups is 1. The molecule has 0 bridgehead atoms. The second-order valence-electron chi connectivity index (χ2n) is 6.47. The van der Waals surface area contributed by atoms with Crippen LogP contribution in [-0.4, -0.2) is 36.3 Å². The molecule has 2 atom stereocenters. The molecule has 0 radical (unpaired) electrons. The highest BCUT2D eigenvalue weighted by Crippen LogP contribution is 2.42. The van der Waals surface area contributed by atoms with Crippen molar-refractivity contribution in [1.82, 2.24) is 10.3 Å². The SMILES string of the molecule is COC(=O)C1CC2(CCc3c(c(C)nc4ccccc34)O2)CN1. The zero-order valence-corrected chi connectivity index (χ0v) is 13.4. The maximum Gasteiger partial charge on any atom is 0.323 e. The van der Waals surface area contributed by atoms with Gasteiger partial charge in [-0.2, -0.15) is 0 Å². The first-order valence-electron chi connectivity index (χ1n) is 8.00. The summed E-state index contributed by atoms with van der Waals surface area (Å²) in [5.41, 5.74) is 2.83. The lowest BCUT2D eigenvalue weighted by Gasteiger charge is -2.36. The molecule has 0 aliphatic carbocycles. The summed E-state index contributed by atoms with van der Waals surface area (Å²) in [5.74, 6) is 0.673. The van der Waals surface area contributed by atoms with Crippen LogP contribution >= 0.6 is 0 Å². The number of rotatable bonds is 1. The van der Waals surface area contributed by atoms with Gasteiger partial charge in [-0.15, -0.1) is 0 Å². The minimum absolute atomic E-state index is 0.218. The highest BCUT2D eigenvalue weighted by atomic mass is 16.5. The van der Waals surface area contributed by atoms with Gasteiger partial charge >= 0.3 is 5.97 Å². The van der Waals surface area contributed by atoms with Crippen LogP contribution in [0.15, 0.2) is 24.3 Å². The number of nitrogens with zero attached hydrogens (tertiary/aromatic N) is 1. The Morgan fingerprint density at radius 2 is 2.26 bits per heavy atom. The van der Waals surface area contributed by atoms with E-state index in [1.54, 1.807) is 0 Å². The number of esters is 1. The summed E-state index contributed by atoms with van der Waals surface area (Å²) in [6.45, 7) is 2.66. The number of pyridine rings is 1. The van der Waals surface area contributed by atoms with Gasteiger partial charge in [0.15, 0.2) is 0 Å². The lowest BCUT2D eigenvalue weighted by molar-refractivity contribution is -0.143. The second kappa shape index (κ2) is 5.20. The number of carbonyl (C=O) groups excluding carboxylic acids is 1. The van der Waals surface area contributed by atoms with Gasteiger partial charge in [0.2, 0.25) is 0 Å². The van der Waals surface area contributed by atoms with Gasteiger partial charge < -0.3 is 14.8 Å².